The minimum absolute atomic E-state index is 0.142. The van der Waals surface area contributed by atoms with Crippen molar-refractivity contribution in [1.29, 1.82) is 0 Å². The van der Waals surface area contributed by atoms with Crippen LogP contribution in [0.3, 0.4) is 0 Å². The summed E-state index contributed by atoms with van der Waals surface area (Å²) in [6, 6.07) is 8.54. The molecule has 1 aromatic rings. The molecule has 0 amide bonds. The molecule has 1 N–H and O–H groups in total. The van der Waals surface area contributed by atoms with Crippen molar-refractivity contribution < 1.29 is 9.84 Å². The molecule has 0 aliphatic heterocycles. The SMILES string of the molecule is COC1CCC(c2ccc(C)cc2)=C(CO)C1. The van der Waals surface area contributed by atoms with Gasteiger partial charge in [0.15, 0.2) is 0 Å². The fourth-order valence-electron chi connectivity index (χ4n) is 2.45. The van der Waals surface area contributed by atoms with Gasteiger partial charge in [-0.2, -0.15) is 0 Å². The second-order valence-corrected chi connectivity index (χ2v) is 4.71. The number of aliphatic hydroxyl groups excluding tert-OH is 1. The highest BCUT2D eigenvalue weighted by Crippen LogP contribution is 2.33. The van der Waals surface area contributed by atoms with Crippen molar-refractivity contribution in [2.45, 2.75) is 32.3 Å². The van der Waals surface area contributed by atoms with Crippen LogP contribution in [-0.4, -0.2) is 24.9 Å². The summed E-state index contributed by atoms with van der Waals surface area (Å²) in [5, 5.41) is 9.48. The van der Waals surface area contributed by atoms with Crippen LogP contribution >= 0.6 is 0 Å². The average molecular weight is 232 g/mol. The smallest absolute Gasteiger partial charge is 0.0648 e. The van der Waals surface area contributed by atoms with Gasteiger partial charge in [-0.1, -0.05) is 29.8 Å². The molecule has 1 aromatic carbocycles. The van der Waals surface area contributed by atoms with Gasteiger partial charge in [-0.15, -0.1) is 0 Å². The summed E-state index contributed by atoms with van der Waals surface area (Å²) in [4.78, 5) is 0. The van der Waals surface area contributed by atoms with Gasteiger partial charge in [-0.3, -0.25) is 0 Å². The molecule has 2 heteroatoms. The summed E-state index contributed by atoms with van der Waals surface area (Å²) in [7, 11) is 1.75. The number of benzene rings is 1. The first-order chi connectivity index (χ1) is 8.24. The van der Waals surface area contributed by atoms with Crippen LogP contribution in [0.1, 0.15) is 30.4 Å². The number of hydrogen-bond acceptors (Lipinski definition) is 2. The van der Waals surface area contributed by atoms with Crippen molar-refractivity contribution in [2.24, 2.45) is 0 Å². The van der Waals surface area contributed by atoms with Crippen LogP contribution in [0.4, 0.5) is 0 Å². The second kappa shape index (κ2) is 5.48. The lowest BCUT2D eigenvalue weighted by molar-refractivity contribution is 0.0906. The van der Waals surface area contributed by atoms with Crippen molar-refractivity contribution in [2.75, 3.05) is 13.7 Å². The van der Waals surface area contributed by atoms with E-state index in [-0.39, 0.29) is 12.7 Å². The first kappa shape index (κ1) is 12.3. The first-order valence-electron chi connectivity index (χ1n) is 6.16. The topological polar surface area (TPSA) is 29.5 Å². The Morgan fingerprint density at radius 3 is 2.59 bits per heavy atom. The average Bonchev–Trinajstić information content (AvgIpc) is 2.39. The van der Waals surface area contributed by atoms with Gasteiger partial charge >= 0.3 is 0 Å². The third-order valence-corrected chi connectivity index (χ3v) is 3.54. The highest BCUT2D eigenvalue weighted by molar-refractivity contribution is 5.70. The highest BCUT2D eigenvalue weighted by atomic mass is 16.5. The number of rotatable bonds is 3. The Morgan fingerprint density at radius 1 is 1.29 bits per heavy atom. The normalized spacial score (nSPS) is 20.8. The Balaban J connectivity index is 2.29. The maximum absolute atomic E-state index is 9.48. The molecule has 0 heterocycles. The van der Waals surface area contributed by atoms with E-state index in [1.54, 1.807) is 7.11 Å². The lowest BCUT2D eigenvalue weighted by atomic mass is 9.86. The quantitative estimate of drug-likeness (QED) is 0.868. The largest absolute Gasteiger partial charge is 0.392 e. The summed E-state index contributed by atoms with van der Waals surface area (Å²) in [5.74, 6) is 0. The molecule has 0 aromatic heterocycles. The molecule has 0 saturated heterocycles. The van der Waals surface area contributed by atoms with E-state index in [4.69, 9.17) is 4.74 Å². The number of hydrogen-bond donors (Lipinski definition) is 1. The van der Waals surface area contributed by atoms with Gasteiger partial charge in [-0.25, -0.2) is 0 Å². The van der Waals surface area contributed by atoms with Crippen LogP contribution < -0.4 is 0 Å². The number of ether oxygens (including phenoxy) is 1. The van der Waals surface area contributed by atoms with Gasteiger partial charge in [0.1, 0.15) is 0 Å². The Kier molecular flexibility index (Phi) is 3.97. The fourth-order valence-corrected chi connectivity index (χ4v) is 2.45. The molecule has 1 aliphatic rings. The third kappa shape index (κ3) is 2.76. The monoisotopic (exact) mass is 232 g/mol. The van der Waals surface area contributed by atoms with Crippen molar-refractivity contribution in [1.82, 2.24) is 0 Å². The van der Waals surface area contributed by atoms with Crippen LogP contribution in [0.15, 0.2) is 29.8 Å². The van der Waals surface area contributed by atoms with E-state index < -0.39 is 0 Å². The maximum Gasteiger partial charge on any atom is 0.0648 e. The molecule has 0 radical (unpaired) electrons. The summed E-state index contributed by atoms with van der Waals surface area (Å²) in [6.45, 7) is 2.23. The molecule has 0 fully saturated rings. The number of aryl methyl sites for hydroxylation is 1. The van der Waals surface area contributed by atoms with Crippen molar-refractivity contribution in [3.8, 4) is 0 Å². The lowest BCUT2D eigenvalue weighted by Gasteiger charge is -2.26. The molecule has 0 saturated carbocycles. The van der Waals surface area contributed by atoms with E-state index in [1.807, 2.05) is 0 Å². The number of methoxy groups -OCH3 is 1. The molecule has 1 aliphatic carbocycles. The van der Waals surface area contributed by atoms with Crippen LogP contribution in [0.25, 0.3) is 5.57 Å². The van der Waals surface area contributed by atoms with Crippen molar-refractivity contribution in [3.05, 3.63) is 41.0 Å². The zero-order valence-corrected chi connectivity index (χ0v) is 10.6. The molecule has 1 atom stereocenters. The van der Waals surface area contributed by atoms with Gasteiger partial charge in [0.05, 0.1) is 12.7 Å². The predicted octanol–water partition coefficient (Wildman–Crippen LogP) is 2.94. The Bertz CT molecular complexity index is 403. The van der Waals surface area contributed by atoms with Crippen LogP contribution in [0.2, 0.25) is 0 Å². The summed E-state index contributed by atoms with van der Waals surface area (Å²) in [5.41, 5.74) is 4.95. The summed E-state index contributed by atoms with van der Waals surface area (Å²) in [6.07, 6.45) is 3.17. The minimum atomic E-state index is 0.142. The van der Waals surface area contributed by atoms with E-state index in [0.29, 0.717) is 0 Å². The molecule has 2 rings (SSSR count). The van der Waals surface area contributed by atoms with Crippen molar-refractivity contribution in [3.63, 3.8) is 0 Å². The Hall–Kier alpha value is -1.12. The van der Waals surface area contributed by atoms with Crippen LogP contribution in [0.5, 0.6) is 0 Å². The summed E-state index contributed by atoms with van der Waals surface area (Å²) >= 11 is 0. The van der Waals surface area contributed by atoms with Crippen LogP contribution in [0, 0.1) is 6.92 Å². The second-order valence-electron chi connectivity index (χ2n) is 4.71. The van der Waals surface area contributed by atoms with Gasteiger partial charge < -0.3 is 9.84 Å². The molecule has 1 unspecified atom stereocenters. The summed E-state index contributed by atoms with van der Waals surface area (Å²) < 4.78 is 5.38. The molecular weight excluding hydrogens is 212 g/mol. The Labute approximate surface area is 103 Å². The van der Waals surface area contributed by atoms with E-state index >= 15 is 0 Å². The molecule has 17 heavy (non-hydrogen) atoms. The van der Waals surface area contributed by atoms with E-state index in [9.17, 15) is 5.11 Å². The molecular formula is C15H20O2. The first-order valence-corrected chi connectivity index (χ1v) is 6.16. The predicted molar refractivity (Wildman–Crippen MR) is 69.8 cm³/mol. The number of aliphatic hydroxyl groups is 1. The van der Waals surface area contributed by atoms with Gasteiger partial charge in [0.2, 0.25) is 0 Å². The van der Waals surface area contributed by atoms with E-state index in [2.05, 4.69) is 31.2 Å². The van der Waals surface area contributed by atoms with Gasteiger partial charge in [0, 0.05) is 7.11 Å². The zero-order valence-electron chi connectivity index (χ0n) is 10.6. The van der Waals surface area contributed by atoms with E-state index in [1.165, 1.54) is 16.7 Å². The lowest BCUT2D eigenvalue weighted by Crippen LogP contribution is -2.18. The maximum atomic E-state index is 9.48. The zero-order chi connectivity index (χ0) is 12.3. The molecule has 0 spiro atoms. The minimum Gasteiger partial charge on any atom is -0.392 e. The van der Waals surface area contributed by atoms with Gasteiger partial charge in [-0.05, 0) is 42.9 Å². The molecule has 92 valence electrons. The molecule has 0 bridgehead atoms. The van der Waals surface area contributed by atoms with Gasteiger partial charge in [0.25, 0.3) is 0 Å². The van der Waals surface area contributed by atoms with E-state index in [0.717, 1.165) is 24.8 Å². The Morgan fingerprint density at radius 2 is 2.00 bits per heavy atom. The van der Waals surface area contributed by atoms with Crippen molar-refractivity contribution >= 4 is 5.57 Å². The fraction of sp³-hybridized carbons (Fsp3) is 0.467. The van der Waals surface area contributed by atoms with Crippen LogP contribution in [-0.2, 0) is 4.74 Å². The third-order valence-electron chi connectivity index (χ3n) is 3.54. The highest BCUT2D eigenvalue weighted by Gasteiger charge is 2.20. The standard InChI is InChI=1S/C15H20O2/c1-11-3-5-12(6-4-11)15-8-7-14(17-2)9-13(15)10-16/h3-6,14,16H,7-10H2,1-2H3. The number of allylic oxidation sites excluding steroid dienone is 1. The molecule has 2 nitrogen and oxygen atoms in total.